The number of thiazole rings is 1. The molecule has 0 N–H and O–H groups in total. The fourth-order valence-electron chi connectivity index (χ4n) is 3.06. The molecular weight excluding hydrogens is 302 g/mol. The predicted molar refractivity (Wildman–Crippen MR) is 87.5 cm³/mol. The Morgan fingerprint density at radius 2 is 2.14 bits per heavy atom. The molecule has 3 aromatic heterocycles. The first-order valence-corrected chi connectivity index (χ1v) is 9.04. The first-order valence-electron chi connectivity index (χ1n) is 7.34. The fraction of sp³-hybridized carbons (Fsp3) is 0.467. The molecular formula is C15H17N3OS2. The lowest BCUT2D eigenvalue weighted by Crippen LogP contribution is -2.22. The molecule has 1 aliphatic carbocycles. The average molecular weight is 319 g/mol. The van der Waals surface area contributed by atoms with Gasteiger partial charge in [-0.1, -0.05) is 6.42 Å². The molecule has 21 heavy (non-hydrogen) atoms. The van der Waals surface area contributed by atoms with Gasteiger partial charge in [-0.2, -0.15) is 0 Å². The maximum absolute atomic E-state index is 12.4. The summed E-state index contributed by atoms with van der Waals surface area (Å²) >= 11 is 3.41. The molecule has 0 unspecified atom stereocenters. The highest BCUT2D eigenvalue weighted by atomic mass is 32.1. The Morgan fingerprint density at radius 3 is 3.05 bits per heavy atom. The van der Waals surface area contributed by atoms with Crippen LogP contribution >= 0.6 is 22.7 Å². The van der Waals surface area contributed by atoms with Gasteiger partial charge in [-0.05, 0) is 37.1 Å². The van der Waals surface area contributed by atoms with Crippen molar-refractivity contribution in [1.82, 2.24) is 14.1 Å². The molecule has 1 aliphatic rings. The summed E-state index contributed by atoms with van der Waals surface area (Å²) in [6.45, 7) is 0.602. The second-order valence-corrected chi connectivity index (χ2v) is 7.64. The quantitative estimate of drug-likeness (QED) is 0.681. The summed E-state index contributed by atoms with van der Waals surface area (Å²) < 4.78 is 3.59. The van der Waals surface area contributed by atoms with E-state index in [1.807, 2.05) is 23.1 Å². The van der Waals surface area contributed by atoms with Crippen LogP contribution in [0, 0.1) is 0 Å². The van der Waals surface area contributed by atoms with Crippen molar-refractivity contribution in [2.24, 2.45) is 7.05 Å². The van der Waals surface area contributed by atoms with Crippen LogP contribution in [0.2, 0.25) is 0 Å². The minimum absolute atomic E-state index is 0.0576. The number of thiophene rings is 1. The van der Waals surface area contributed by atoms with Crippen LogP contribution in [0.1, 0.15) is 34.8 Å². The molecule has 110 valence electrons. The van der Waals surface area contributed by atoms with Crippen molar-refractivity contribution in [3.8, 4) is 0 Å². The molecule has 0 saturated carbocycles. The van der Waals surface area contributed by atoms with E-state index in [-0.39, 0.29) is 5.69 Å². The highest BCUT2D eigenvalue weighted by molar-refractivity contribution is 7.16. The van der Waals surface area contributed by atoms with Crippen LogP contribution < -0.4 is 5.69 Å². The molecule has 0 bridgehead atoms. The zero-order valence-corrected chi connectivity index (χ0v) is 13.6. The summed E-state index contributed by atoms with van der Waals surface area (Å²) in [5.41, 5.74) is 2.36. The summed E-state index contributed by atoms with van der Waals surface area (Å²) in [5, 5.41) is 3.11. The van der Waals surface area contributed by atoms with Gasteiger partial charge >= 0.3 is 5.69 Å². The number of aromatic nitrogens is 3. The number of nitrogens with zero attached hydrogens (tertiary/aromatic N) is 3. The fourth-order valence-corrected chi connectivity index (χ4v) is 5.07. The monoisotopic (exact) mass is 319 g/mol. The van der Waals surface area contributed by atoms with Gasteiger partial charge in [0.1, 0.15) is 9.84 Å². The van der Waals surface area contributed by atoms with E-state index < -0.39 is 0 Å². The van der Waals surface area contributed by atoms with E-state index in [2.05, 4.69) is 0 Å². The standard InChI is InChI=1S/C15H17N3OS2/c1-17-14-11(7-8-20-14)18(15(17)19)9-13-16-10-5-3-2-4-6-12(10)21-13/h7-8H,2-6,9H2,1H3. The Labute approximate surface area is 130 Å². The molecule has 0 aromatic carbocycles. The highest BCUT2D eigenvalue weighted by Gasteiger charge is 2.17. The zero-order valence-electron chi connectivity index (χ0n) is 12.0. The van der Waals surface area contributed by atoms with Gasteiger partial charge in [-0.25, -0.2) is 9.78 Å². The van der Waals surface area contributed by atoms with Gasteiger partial charge < -0.3 is 0 Å². The van der Waals surface area contributed by atoms with E-state index in [1.165, 1.54) is 29.8 Å². The molecule has 0 aliphatic heterocycles. The maximum Gasteiger partial charge on any atom is 0.329 e. The third-order valence-corrected chi connectivity index (χ3v) is 6.29. The summed E-state index contributed by atoms with van der Waals surface area (Å²) in [6.07, 6.45) is 6.09. The second-order valence-electron chi connectivity index (χ2n) is 5.58. The molecule has 3 heterocycles. The number of imidazole rings is 1. The molecule has 4 rings (SSSR count). The van der Waals surface area contributed by atoms with E-state index in [0.717, 1.165) is 28.2 Å². The van der Waals surface area contributed by atoms with E-state index in [1.54, 1.807) is 27.2 Å². The molecule has 0 saturated heterocycles. The van der Waals surface area contributed by atoms with Crippen LogP contribution in [0.3, 0.4) is 0 Å². The zero-order chi connectivity index (χ0) is 14.4. The number of hydrogen-bond acceptors (Lipinski definition) is 4. The van der Waals surface area contributed by atoms with Crippen molar-refractivity contribution in [2.45, 2.75) is 38.6 Å². The molecule has 3 aromatic rings. The molecule has 0 spiro atoms. The van der Waals surface area contributed by atoms with Crippen LogP contribution in [0.25, 0.3) is 10.3 Å². The Bertz CT molecular complexity index is 829. The normalized spacial score (nSPS) is 15.3. The van der Waals surface area contributed by atoms with Crippen LogP contribution in [0.5, 0.6) is 0 Å². The number of aryl methyl sites for hydroxylation is 3. The minimum atomic E-state index is 0.0576. The van der Waals surface area contributed by atoms with E-state index in [0.29, 0.717) is 6.54 Å². The lowest BCUT2D eigenvalue weighted by Gasteiger charge is -1.98. The van der Waals surface area contributed by atoms with Crippen molar-refractivity contribution in [3.63, 3.8) is 0 Å². The summed E-state index contributed by atoms with van der Waals surface area (Å²) in [6, 6.07) is 2.03. The molecule has 0 atom stereocenters. The van der Waals surface area contributed by atoms with Crippen molar-refractivity contribution in [3.05, 3.63) is 37.5 Å². The molecule has 0 radical (unpaired) electrons. The molecule has 0 fully saturated rings. The third-order valence-electron chi connectivity index (χ3n) is 4.17. The molecule has 0 amide bonds. The summed E-state index contributed by atoms with van der Waals surface area (Å²) in [4.78, 5) is 19.6. The topological polar surface area (TPSA) is 39.8 Å². The van der Waals surface area contributed by atoms with E-state index >= 15 is 0 Å². The molecule has 4 nitrogen and oxygen atoms in total. The predicted octanol–water partition coefficient (Wildman–Crippen LogP) is 3.18. The Balaban J connectivity index is 1.73. The van der Waals surface area contributed by atoms with Crippen molar-refractivity contribution >= 4 is 33.0 Å². The highest BCUT2D eigenvalue weighted by Crippen LogP contribution is 2.27. The van der Waals surface area contributed by atoms with Gasteiger partial charge in [-0.15, -0.1) is 22.7 Å². The van der Waals surface area contributed by atoms with Gasteiger partial charge in [0, 0.05) is 11.9 Å². The van der Waals surface area contributed by atoms with Crippen LogP contribution in [-0.2, 0) is 26.4 Å². The second kappa shape index (κ2) is 5.10. The summed E-state index contributed by atoms with van der Waals surface area (Å²) in [7, 11) is 1.84. The number of rotatable bonds is 2. The first kappa shape index (κ1) is 13.3. The lowest BCUT2D eigenvalue weighted by molar-refractivity contribution is 0.702. The Kier molecular flexibility index (Phi) is 3.23. The number of hydrogen-bond donors (Lipinski definition) is 0. The summed E-state index contributed by atoms with van der Waals surface area (Å²) in [5.74, 6) is 0. The average Bonchev–Trinajstić information content (AvgIpc) is 3.10. The number of fused-ring (bicyclic) bond motifs is 2. The van der Waals surface area contributed by atoms with Crippen LogP contribution in [0.4, 0.5) is 0 Å². The van der Waals surface area contributed by atoms with Gasteiger partial charge in [0.2, 0.25) is 0 Å². The third kappa shape index (κ3) is 2.17. The van der Waals surface area contributed by atoms with Gasteiger partial charge in [0.05, 0.1) is 17.8 Å². The Hall–Kier alpha value is -1.40. The van der Waals surface area contributed by atoms with Crippen LogP contribution in [0.15, 0.2) is 16.2 Å². The smallest absolute Gasteiger partial charge is 0.286 e. The lowest BCUT2D eigenvalue weighted by atomic mass is 10.2. The van der Waals surface area contributed by atoms with Crippen LogP contribution in [-0.4, -0.2) is 14.1 Å². The first-order chi connectivity index (χ1) is 10.2. The minimum Gasteiger partial charge on any atom is -0.286 e. The van der Waals surface area contributed by atoms with E-state index in [9.17, 15) is 4.79 Å². The molecule has 6 heteroatoms. The largest absolute Gasteiger partial charge is 0.329 e. The van der Waals surface area contributed by atoms with Crippen molar-refractivity contribution < 1.29 is 0 Å². The van der Waals surface area contributed by atoms with Gasteiger partial charge in [-0.3, -0.25) is 9.13 Å². The van der Waals surface area contributed by atoms with Crippen molar-refractivity contribution in [2.75, 3.05) is 0 Å². The SMILES string of the molecule is Cn1c(=O)n(Cc2nc3c(s2)CCCCC3)c2ccsc21. The van der Waals surface area contributed by atoms with Gasteiger partial charge in [0.15, 0.2) is 0 Å². The maximum atomic E-state index is 12.4. The van der Waals surface area contributed by atoms with Gasteiger partial charge in [0.25, 0.3) is 0 Å². The Morgan fingerprint density at radius 1 is 1.29 bits per heavy atom. The van der Waals surface area contributed by atoms with Crippen molar-refractivity contribution in [1.29, 1.82) is 0 Å². The van der Waals surface area contributed by atoms with E-state index in [4.69, 9.17) is 4.98 Å².